The summed E-state index contributed by atoms with van der Waals surface area (Å²) < 4.78 is 0.789. The van der Waals surface area contributed by atoms with Crippen molar-refractivity contribution in [3.8, 4) is 0 Å². The van der Waals surface area contributed by atoms with Crippen LogP contribution in [-0.4, -0.2) is 45.1 Å². The smallest absolute Gasteiger partial charge is 0.274 e. The average molecular weight is 354 g/mol. The molecule has 1 atom stereocenters. The van der Waals surface area contributed by atoms with E-state index in [1.807, 2.05) is 41.8 Å². The fraction of sp³-hybridized carbons (Fsp3) is 0.278. The monoisotopic (exact) mass is 354 g/mol. The molecule has 1 fully saturated rings. The predicted molar refractivity (Wildman–Crippen MR) is 97.7 cm³/mol. The number of carbonyl (C=O) groups is 1. The molecular formula is C18H18N4O2S. The van der Waals surface area contributed by atoms with Crippen molar-refractivity contribution < 1.29 is 9.90 Å². The summed E-state index contributed by atoms with van der Waals surface area (Å²) in [6, 6.07) is 11.9. The van der Waals surface area contributed by atoms with Gasteiger partial charge in [0.1, 0.15) is 0 Å². The number of β-amino-alcohol motifs (C(OH)–C–C–N with tert-alkyl or cyclic N) is 1. The quantitative estimate of drug-likeness (QED) is 0.753. The van der Waals surface area contributed by atoms with Crippen LogP contribution in [0.2, 0.25) is 0 Å². The number of aliphatic hydroxyl groups excluding tert-OH is 1. The Morgan fingerprint density at radius 1 is 1.28 bits per heavy atom. The van der Waals surface area contributed by atoms with Crippen molar-refractivity contribution in [3.05, 3.63) is 53.0 Å². The molecule has 2 aromatic heterocycles. The van der Waals surface area contributed by atoms with Crippen LogP contribution in [0.3, 0.4) is 0 Å². The van der Waals surface area contributed by atoms with Crippen LogP contribution in [0.4, 0.5) is 5.95 Å². The molecule has 6 nitrogen and oxygen atoms in total. The van der Waals surface area contributed by atoms with Gasteiger partial charge in [-0.05, 0) is 23.4 Å². The zero-order chi connectivity index (χ0) is 17.2. The van der Waals surface area contributed by atoms with Gasteiger partial charge in [-0.3, -0.25) is 4.79 Å². The summed E-state index contributed by atoms with van der Waals surface area (Å²) in [6.07, 6.45) is 0.170. The Balaban J connectivity index is 1.62. The molecule has 1 saturated heterocycles. The first-order valence-electron chi connectivity index (χ1n) is 8.21. The molecule has 1 aromatic carbocycles. The van der Waals surface area contributed by atoms with Gasteiger partial charge < -0.3 is 15.3 Å². The molecule has 2 N–H and O–H groups in total. The minimum atomic E-state index is -0.444. The Morgan fingerprint density at radius 3 is 2.88 bits per heavy atom. The number of anilines is 1. The Morgan fingerprint density at radius 2 is 2.12 bits per heavy atom. The van der Waals surface area contributed by atoms with Crippen molar-refractivity contribution in [2.24, 2.45) is 0 Å². The first-order chi connectivity index (χ1) is 12.2. The van der Waals surface area contributed by atoms with E-state index >= 15 is 0 Å². The maximum absolute atomic E-state index is 12.8. The van der Waals surface area contributed by atoms with Crippen molar-refractivity contribution in [3.63, 3.8) is 0 Å². The molecule has 0 saturated carbocycles. The first-order valence-corrected chi connectivity index (χ1v) is 9.09. The summed E-state index contributed by atoms with van der Waals surface area (Å²) in [5, 5.41) is 14.8. The molecule has 3 heterocycles. The fourth-order valence-electron chi connectivity index (χ4n) is 2.94. The van der Waals surface area contributed by atoms with E-state index in [-0.39, 0.29) is 5.91 Å². The number of aliphatic hydroxyl groups is 1. The van der Waals surface area contributed by atoms with Gasteiger partial charge in [0, 0.05) is 19.6 Å². The molecule has 0 radical (unpaired) electrons. The number of hydrogen-bond donors (Lipinski definition) is 2. The van der Waals surface area contributed by atoms with Crippen LogP contribution in [0.15, 0.2) is 41.8 Å². The lowest BCUT2D eigenvalue weighted by atomic mass is 10.2. The number of amides is 1. The number of likely N-dealkylation sites (tertiary alicyclic amines) is 1. The van der Waals surface area contributed by atoms with Crippen molar-refractivity contribution in [2.45, 2.75) is 19.1 Å². The van der Waals surface area contributed by atoms with Gasteiger partial charge in [-0.25, -0.2) is 9.97 Å². The lowest BCUT2D eigenvalue weighted by Crippen LogP contribution is -2.30. The Labute approximate surface area is 149 Å². The number of carbonyl (C=O) groups excluding carboxylic acids is 1. The van der Waals surface area contributed by atoms with Gasteiger partial charge in [0.25, 0.3) is 5.91 Å². The van der Waals surface area contributed by atoms with E-state index in [2.05, 4.69) is 15.3 Å². The van der Waals surface area contributed by atoms with Crippen LogP contribution in [0.5, 0.6) is 0 Å². The van der Waals surface area contributed by atoms with Gasteiger partial charge in [-0.1, -0.05) is 30.3 Å². The highest BCUT2D eigenvalue weighted by Crippen LogP contribution is 2.26. The molecule has 1 amide bonds. The second-order valence-electron chi connectivity index (χ2n) is 6.06. The standard InChI is InChI=1S/C18H18N4O2S/c23-13-6-8-22(11-13)17(24)15-16-14(7-9-25-16)20-18(21-15)19-10-12-4-2-1-3-5-12/h1-5,7,9,13,23H,6,8,10-11H2,(H,19,20,21)/t13-/m0/s1. The second-order valence-corrected chi connectivity index (χ2v) is 6.98. The fourth-order valence-corrected chi connectivity index (χ4v) is 3.75. The summed E-state index contributed by atoms with van der Waals surface area (Å²) in [7, 11) is 0. The van der Waals surface area contributed by atoms with Crippen LogP contribution in [0.25, 0.3) is 10.2 Å². The molecule has 4 rings (SSSR count). The molecule has 7 heteroatoms. The van der Waals surface area contributed by atoms with Crippen LogP contribution in [-0.2, 0) is 6.54 Å². The van der Waals surface area contributed by atoms with Crippen LogP contribution < -0.4 is 5.32 Å². The topological polar surface area (TPSA) is 78.4 Å². The average Bonchev–Trinajstić information content (AvgIpc) is 3.28. The van der Waals surface area contributed by atoms with Crippen molar-refractivity contribution in [1.82, 2.24) is 14.9 Å². The normalized spacial score (nSPS) is 17.2. The molecule has 0 spiro atoms. The summed E-state index contributed by atoms with van der Waals surface area (Å²) in [5.41, 5.74) is 2.29. The third-order valence-electron chi connectivity index (χ3n) is 4.25. The summed E-state index contributed by atoms with van der Waals surface area (Å²) >= 11 is 1.46. The highest BCUT2D eigenvalue weighted by atomic mass is 32.1. The van der Waals surface area contributed by atoms with Crippen molar-refractivity contribution >= 4 is 33.4 Å². The molecular weight excluding hydrogens is 336 g/mol. The van der Waals surface area contributed by atoms with Gasteiger partial charge in [0.05, 0.1) is 16.3 Å². The summed E-state index contributed by atoms with van der Waals surface area (Å²) in [5.74, 6) is 0.298. The second kappa shape index (κ2) is 6.78. The van der Waals surface area contributed by atoms with Gasteiger partial charge in [-0.2, -0.15) is 0 Å². The predicted octanol–water partition coefficient (Wildman–Crippen LogP) is 2.51. The Bertz CT molecular complexity index is 896. The van der Waals surface area contributed by atoms with E-state index in [9.17, 15) is 9.90 Å². The van der Waals surface area contributed by atoms with E-state index in [0.29, 0.717) is 37.7 Å². The Kier molecular flexibility index (Phi) is 4.33. The number of nitrogens with one attached hydrogen (secondary N) is 1. The minimum Gasteiger partial charge on any atom is -0.391 e. The van der Waals surface area contributed by atoms with Crippen molar-refractivity contribution in [1.29, 1.82) is 0 Å². The molecule has 1 aliphatic heterocycles. The van der Waals surface area contributed by atoms with Gasteiger partial charge in [0.2, 0.25) is 5.95 Å². The number of fused-ring (bicyclic) bond motifs is 1. The number of benzene rings is 1. The molecule has 25 heavy (non-hydrogen) atoms. The van der Waals surface area contributed by atoms with E-state index in [0.717, 1.165) is 15.8 Å². The van der Waals surface area contributed by atoms with E-state index in [1.54, 1.807) is 4.90 Å². The Hall–Kier alpha value is -2.51. The first kappa shape index (κ1) is 16.0. The number of aromatic nitrogens is 2. The highest BCUT2D eigenvalue weighted by molar-refractivity contribution is 7.17. The third-order valence-corrected chi connectivity index (χ3v) is 5.16. The SMILES string of the molecule is O=C(c1nc(NCc2ccccc2)nc2ccsc12)N1CC[C@H](O)C1. The summed E-state index contributed by atoms with van der Waals surface area (Å²) in [4.78, 5) is 23.5. The van der Waals surface area contributed by atoms with E-state index in [4.69, 9.17) is 0 Å². The minimum absolute atomic E-state index is 0.144. The molecule has 1 aliphatic rings. The molecule has 3 aromatic rings. The lowest BCUT2D eigenvalue weighted by molar-refractivity contribution is 0.0761. The highest BCUT2D eigenvalue weighted by Gasteiger charge is 2.28. The number of hydrogen-bond acceptors (Lipinski definition) is 6. The molecule has 0 unspecified atom stereocenters. The van der Waals surface area contributed by atoms with Crippen LogP contribution >= 0.6 is 11.3 Å². The van der Waals surface area contributed by atoms with Crippen LogP contribution in [0, 0.1) is 0 Å². The van der Waals surface area contributed by atoms with Crippen molar-refractivity contribution in [2.75, 3.05) is 18.4 Å². The third kappa shape index (κ3) is 3.33. The van der Waals surface area contributed by atoms with Gasteiger partial charge >= 0.3 is 0 Å². The molecule has 0 aliphatic carbocycles. The van der Waals surface area contributed by atoms with Gasteiger partial charge in [-0.15, -0.1) is 11.3 Å². The zero-order valence-corrected chi connectivity index (χ0v) is 14.4. The maximum atomic E-state index is 12.8. The van der Waals surface area contributed by atoms with E-state index in [1.165, 1.54) is 11.3 Å². The summed E-state index contributed by atoms with van der Waals surface area (Å²) in [6.45, 7) is 1.51. The maximum Gasteiger partial charge on any atom is 0.274 e. The van der Waals surface area contributed by atoms with Gasteiger partial charge in [0.15, 0.2) is 5.69 Å². The van der Waals surface area contributed by atoms with Crippen LogP contribution in [0.1, 0.15) is 22.5 Å². The van der Waals surface area contributed by atoms with E-state index < -0.39 is 6.10 Å². The largest absolute Gasteiger partial charge is 0.391 e. The zero-order valence-electron chi connectivity index (χ0n) is 13.6. The number of nitrogens with zero attached hydrogens (tertiary/aromatic N) is 3. The lowest BCUT2D eigenvalue weighted by Gasteiger charge is -2.16. The molecule has 0 bridgehead atoms. The number of rotatable bonds is 4. The molecule has 128 valence electrons. The number of thiophene rings is 1.